The number of fused-ring (bicyclic) bond motifs is 1. The van der Waals surface area contributed by atoms with Crippen LogP contribution in [-0.4, -0.2) is 22.6 Å². The van der Waals surface area contributed by atoms with Gasteiger partial charge in [-0.05, 0) is 38.3 Å². The summed E-state index contributed by atoms with van der Waals surface area (Å²) in [6, 6.07) is 7.38. The van der Waals surface area contributed by atoms with Gasteiger partial charge < -0.3 is 15.5 Å². The molecule has 22 heavy (non-hydrogen) atoms. The number of carbonyl (C=O) groups excluding carboxylic acids is 1. The number of benzene rings is 1. The Labute approximate surface area is 132 Å². The molecule has 1 aromatic heterocycles. The van der Waals surface area contributed by atoms with Gasteiger partial charge in [-0.15, -0.1) is 0 Å². The quantitative estimate of drug-likeness (QED) is 0.848. The normalized spacial score (nSPS) is 15.0. The smallest absolute Gasteiger partial charge is 0.324 e. The first-order valence-electron chi connectivity index (χ1n) is 7.75. The van der Waals surface area contributed by atoms with Crippen LogP contribution >= 0.6 is 0 Å². The zero-order chi connectivity index (χ0) is 16.5. The van der Waals surface area contributed by atoms with E-state index >= 15 is 0 Å². The summed E-state index contributed by atoms with van der Waals surface area (Å²) in [6.07, 6.45) is 1.96. The van der Waals surface area contributed by atoms with Crippen LogP contribution in [0.4, 0.5) is 0 Å². The van der Waals surface area contributed by atoms with Crippen LogP contribution in [0.3, 0.4) is 0 Å². The van der Waals surface area contributed by atoms with Crippen LogP contribution in [0.2, 0.25) is 0 Å². The average Bonchev–Trinajstić information content (AvgIpc) is 2.81. The Hall–Kier alpha value is -1.81. The monoisotopic (exact) mass is 302 g/mol. The number of nitrogens with two attached hydrogens (primary N) is 1. The Morgan fingerprint density at radius 2 is 1.86 bits per heavy atom. The van der Waals surface area contributed by atoms with Crippen molar-refractivity contribution in [2.24, 2.45) is 11.7 Å². The van der Waals surface area contributed by atoms with Crippen LogP contribution in [-0.2, 0) is 9.53 Å². The van der Waals surface area contributed by atoms with Crippen LogP contribution in [0.15, 0.2) is 30.5 Å². The molecule has 4 nitrogen and oxygen atoms in total. The number of aromatic nitrogens is 1. The summed E-state index contributed by atoms with van der Waals surface area (Å²) in [5.41, 5.74) is 7.86. The van der Waals surface area contributed by atoms with E-state index in [-0.39, 0.29) is 17.8 Å². The summed E-state index contributed by atoms with van der Waals surface area (Å²) in [4.78, 5) is 15.6. The molecule has 2 rings (SSSR count). The van der Waals surface area contributed by atoms with Gasteiger partial charge in [0.05, 0.1) is 0 Å². The lowest BCUT2D eigenvalue weighted by molar-refractivity contribution is -0.157. The predicted molar refractivity (Wildman–Crippen MR) is 89.7 cm³/mol. The minimum Gasteiger partial charge on any atom is -0.459 e. The molecule has 0 bridgehead atoms. The van der Waals surface area contributed by atoms with Gasteiger partial charge in [0.1, 0.15) is 11.6 Å². The highest BCUT2D eigenvalue weighted by atomic mass is 16.6. The fourth-order valence-corrected chi connectivity index (χ4v) is 2.85. The van der Waals surface area contributed by atoms with Crippen molar-refractivity contribution in [3.05, 3.63) is 36.0 Å². The zero-order valence-corrected chi connectivity index (χ0v) is 14.0. The SMILES string of the molecule is CC(C)[C@@H](c1c[nH]c2ccccc12)[C@@H](N)C(=O)OC(C)(C)C. The first-order chi connectivity index (χ1) is 10.2. The number of rotatable bonds is 4. The van der Waals surface area contributed by atoms with Gasteiger partial charge in [-0.2, -0.15) is 0 Å². The lowest BCUT2D eigenvalue weighted by Crippen LogP contribution is -2.43. The van der Waals surface area contributed by atoms with Crippen molar-refractivity contribution in [1.29, 1.82) is 0 Å². The standard InChI is InChI=1S/C18H26N2O2/c1-11(2)15(16(19)17(21)22-18(3,4)5)13-10-20-14-9-7-6-8-12(13)14/h6-11,15-16,20H,19H2,1-5H3/t15-,16+/m0/s1. The fourth-order valence-electron chi connectivity index (χ4n) is 2.85. The third kappa shape index (κ3) is 3.50. The van der Waals surface area contributed by atoms with Gasteiger partial charge in [0.15, 0.2) is 0 Å². The molecule has 2 atom stereocenters. The molecule has 120 valence electrons. The fraction of sp³-hybridized carbons (Fsp3) is 0.500. The van der Waals surface area contributed by atoms with Crippen molar-refractivity contribution in [1.82, 2.24) is 4.98 Å². The van der Waals surface area contributed by atoms with Gasteiger partial charge in [-0.25, -0.2) is 0 Å². The number of ether oxygens (including phenoxy) is 1. The van der Waals surface area contributed by atoms with E-state index in [1.807, 2.05) is 45.2 Å². The maximum absolute atomic E-state index is 12.4. The van der Waals surface area contributed by atoms with Gasteiger partial charge in [-0.3, -0.25) is 4.79 Å². The van der Waals surface area contributed by atoms with E-state index in [1.54, 1.807) is 0 Å². The number of hydrogen-bond donors (Lipinski definition) is 2. The molecule has 0 aliphatic rings. The molecule has 2 aromatic rings. The average molecular weight is 302 g/mol. The van der Waals surface area contributed by atoms with Crippen LogP contribution in [0.1, 0.15) is 46.1 Å². The lowest BCUT2D eigenvalue weighted by atomic mass is 9.82. The molecule has 0 spiro atoms. The molecule has 0 aliphatic heterocycles. The van der Waals surface area contributed by atoms with Crippen molar-refractivity contribution in [2.45, 2.75) is 52.2 Å². The molecule has 0 saturated carbocycles. The first-order valence-corrected chi connectivity index (χ1v) is 7.75. The summed E-state index contributed by atoms with van der Waals surface area (Å²) in [5.74, 6) is -0.218. The molecule has 3 N–H and O–H groups in total. The molecule has 1 aromatic carbocycles. The Balaban J connectivity index is 2.36. The molecule has 4 heteroatoms. The minimum atomic E-state index is -0.682. The highest BCUT2D eigenvalue weighted by molar-refractivity contribution is 5.85. The molecule has 1 heterocycles. The third-order valence-electron chi connectivity index (χ3n) is 3.76. The van der Waals surface area contributed by atoms with Crippen molar-refractivity contribution in [3.63, 3.8) is 0 Å². The van der Waals surface area contributed by atoms with Gasteiger partial charge in [-0.1, -0.05) is 32.0 Å². The van der Waals surface area contributed by atoms with Gasteiger partial charge in [0.25, 0.3) is 0 Å². The van der Waals surface area contributed by atoms with Crippen LogP contribution in [0.25, 0.3) is 10.9 Å². The molecular weight excluding hydrogens is 276 g/mol. The molecule has 0 saturated heterocycles. The Morgan fingerprint density at radius 3 is 2.45 bits per heavy atom. The van der Waals surface area contributed by atoms with Gasteiger partial charge in [0.2, 0.25) is 0 Å². The van der Waals surface area contributed by atoms with Gasteiger partial charge >= 0.3 is 5.97 Å². The van der Waals surface area contributed by atoms with Crippen molar-refractivity contribution in [3.8, 4) is 0 Å². The number of nitrogens with one attached hydrogen (secondary N) is 1. The minimum absolute atomic E-state index is 0.0917. The van der Waals surface area contributed by atoms with E-state index in [0.717, 1.165) is 16.5 Å². The Morgan fingerprint density at radius 1 is 1.23 bits per heavy atom. The Bertz CT molecular complexity index is 652. The first kappa shape index (κ1) is 16.6. The number of esters is 1. The maximum atomic E-state index is 12.4. The summed E-state index contributed by atoms with van der Waals surface area (Å²) in [5, 5.41) is 1.11. The van der Waals surface area contributed by atoms with E-state index in [4.69, 9.17) is 10.5 Å². The van der Waals surface area contributed by atoms with Crippen molar-refractivity contribution >= 4 is 16.9 Å². The highest BCUT2D eigenvalue weighted by Crippen LogP contribution is 2.33. The molecular formula is C18H26N2O2. The van der Waals surface area contributed by atoms with Crippen LogP contribution < -0.4 is 5.73 Å². The molecule has 0 fully saturated rings. The number of H-pyrrole nitrogens is 1. The summed E-state index contributed by atoms with van der Waals surface area (Å²) < 4.78 is 5.47. The largest absolute Gasteiger partial charge is 0.459 e. The van der Waals surface area contributed by atoms with E-state index < -0.39 is 11.6 Å². The van der Waals surface area contributed by atoms with E-state index in [9.17, 15) is 4.79 Å². The van der Waals surface area contributed by atoms with Crippen LogP contribution in [0, 0.1) is 5.92 Å². The molecule has 0 radical (unpaired) electrons. The van der Waals surface area contributed by atoms with E-state index in [2.05, 4.69) is 24.9 Å². The number of para-hydroxylation sites is 1. The molecule has 0 unspecified atom stereocenters. The summed E-state index contributed by atoms with van der Waals surface area (Å²) in [6.45, 7) is 9.72. The zero-order valence-electron chi connectivity index (χ0n) is 14.0. The second-order valence-corrected chi connectivity index (χ2v) is 7.12. The second-order valence-electron chi connectivity index (χ2n) is 7.12. The number of hydrogen-bond acceptors (Lipinski definition) is 3. The van der Waals surface area contributed by atoms with Crippen molar-refractivity contribution in [2.75, 3.05) is 0 Å². The third-order valence-corrected chi connectivity index (χ3v) is 3.76. The second kappa shape index (κ2) is 6.13. The number of aromatic amines is 1. The maximum Gasteiger partial charge on any atom is 0.324 e. The number of carbonyl (C=O) groups is 1. The van der Waals surface area contributed by atoms with E-state index in [0.29, 0.717) is 0 Å². The van der Waals surface area contributed by atoms with Crippen molar-refractivity contribution < 1.29 is 9.53 Å². The topological polar surface area (TPSA) is 68.1 Å². The predicted octanol–water partition coefficient (Wildman–Crippen LogP) is 3.58. The van der Waals surface area contributed by atoms with Crippen LogP contribution in [0.5, 0.6) is 0 Å². The highest BCUT2D eigenvalue weighted by Gasteiger charge is 2.33. The lowest BCUT2D eigenvalue weighted by Gasteiger charge is -2.29. The van der Waals surface area contributed by atoms with Gasteiger partial charge in [0, 0.05) is 23.0 Å². The summed E-state index contributed by atoms with van der Waals surface area (Å²) in [7, 11) is 0. The molecule has 0 amide bonds. The summed E-state index contributed by atoms with van der Waals surface area (Å²) >= 11 is 0. The van der Waals surface area contributed by atoms with E-state index in [1.165, 1.54) is 0 Å². The Kier molecular flexibility index (Phi) is 4.61. The molecule has 0 aliphatic carbocycles.